The molecule has 2 rings (SSSR count). The lowest BCUT2D eigenvalue weighted by molar-refractivity contribution is -0.118. The molecule has 1 aliphatic rings. The van der Waals surface area contributed by atoms with Gasteiger partial charge in [0, 0.05) is 26.7 Å². The quantitative estimate of drug-likeness (QED) is 0.922. The number of amides is 1. The molecule has 20 heavy (non-hydrogen) atoms. The Morgan fingerprint density at radius 1 is 1.45 bits per heavy atom. The maximum Gasteiger partial charge on any atom is 0.226 e. The van der Waals surface area contributed by atoms with Gasteiger partial charge in [-0.25, -0.2) is 0 Å². The third-order valence-corrected chi connectivity index (χ3v) is 3.68. The minimum absolute atomic E-state index is 0. The summed E-state index contributed by atoms with van der Waals surface area (Å²) in [6.45, 7) is 2.19. The van der Waals surface area contributed by atoms with Crippen LogP contribution in [0, 0.1) is 5.92 Å². The molecule has 0 aliphatic carbocycles. The zero-order chi connectivity index (χ0) is 13.0. The molecular weight excluding hydrogens is 299 g/mol. The second-order valence-corrected chi connectivity index (χ2v) is 5.06. The zero-order valence-corrected chi connectivity index (χ0v) is 13.7. The lowest BCUT2D eigenvalue weighted by atomic mass is 9.93. The van der Waals surface area contributed by atoms with Crippen LogP contribution in [0.2, 0.25) is 0 Å². The molecule has 0 spiro atoms. The monoisotopic (exact) mass is 322 g/mol. The van der Waals surface area contributed by atoms with Gasteiger partial charge in [-0.2, -0.15) is 5.10 Å². The largest absolute Gasteiger partial charge is 0.317 e. The van der Waals surface area contributed by atoms with Gasteiger partial charge in [-0.15, -0.1) is 24.8 Å². The van der Waals surface area contributed by atoms with Gasteiger partial charge in [-0.1, -0.05) is 0 Å². The molecule has 0 atom stereocenters. The first-order chi connectivity index (χ1) is 8.66. The van der Waals surface area contributed by atoms with Crippen LogP contribution in [0.1, 0.15) is 25.7 Å². The number of rotatable bonds is 4. The molecule has 0 saturated carbocycles. The molecule has 1 N–H and O–H groups in total. The Balaban J connectivity index is 0.00000180. The first kappa shape index (κ1) is 19.2. The number of carbonyl (C=O) groups excluding carboxylic acids is 1. The number of hydrogen-bond donors (Lipinski definition) is 1. The van der Waals surface area contributed by atoms with Crippen molar-refractivity contribution in [3.05, 3.63) is 12.4 Å². The van der Waals surface area contributed by atoms with E-state index in [0.717, 1.165) is 25.2 Å². The number of aryl methyl sites for hydroxylation is 1. The third kappa shape index (κ3) is 5.31. The lowest BCUT2D eigenvalue weighted by Gasteiger charge is -2.23. The van der Waals surface area contributed by atoms with E-state index in [1.807, 2.05) is 20.3 Å². The van der Waals surface area contributed by atoms with E-state index in [1.165, 1.54) is 12.8 Å². The lowest BCUT2D eigenvalue weighted by Crippen LogP contribution is -2.30. The van der Waals surface area contributed by atoms with Crippen LogP contribution in [-0.2, 0) is 11.8 Å². The molecule has 1 aromatic heterocycles. The first-order valence-corrected chi connectivity index (χ1v) is 6.62. The van der Waals surface area contributed by atoms with Crippen molar-refractivity contribution >= 4 is 36.4 Å². The van der Waals surface area contributed by atoms with Gasteiger partial charge >= 0.3 is 0 Å². The maximum atomic E-state index is 12.1. The second-order valence-electron chi connectivity index (χ2n) is 5.06. The van der Waals surface area contributed by atoms with Crippen LogP contribution >= 0.6 is 24.8 Å². The predicted molar refractivity (Wildman–Crippen MR) is 85.9 cm³/mol. The minimum Gasteiger partial charge on any atom is -0.317 e. The van der Waals surface area contributed by atoms with Crippen molar-refractivity contribution in [1.82, 2.24) is 15.1 Å². The first-order valence-electron chi connectivity index (χ1n) is 6.62. The Morgan fingerprint density at radius 3 is 2.65 bits per heavy atom. The van der Waals surface area contributed by atoms with Gasteiger partial charge in [0.1, 0.15) is 0 Å². The van der Waals surface area contributed by atoms with Crippen molar-refractivity contribution < 1.29 is 4.79 Å². The average molecular weight is 323 g/mol. The highest BCUT2D eigenvalue weighted by atomic mass is 35.5. The van der Waals surface area contributed by atoms with Crippen LogP contribution < -0.4 is 10.2 Å². The van der Waals surface area contributed by atoms with Gasteiger partial charge in [-0.3, -0.25) is 9.48 Å². The minimum atomic E-state index is 0. The zero-order valence-electron chi connectivity index (χ0n) is 12.0. The molecule has 1 amide bonds. The molecule has 0 aromatic carbocycles. The molecule has 1 aliphatic heterocycles. The van der Waals surface area contributed by atoms with Crippen LogP contribution in [0.15, 0.2) is 12.4 Å². The van der Waals surface area contributed by atoms with E-state index in [4.69, 9.17) is 0 Å². The molecule has 0 bridgehead atoms. The Hall–Kier alpha value is -0.780. The van der Waals surface area contributed by atoms with Crippen LogP contribution in [0.3, 0.4) is 0 Å². The topological polar surface area (TPSA) is 50.2 Å². The molecular formula is C13H24Cl2N4O. The summed E-state index contributed by atoms with van der Waals surface area (Å²) in [5.74, 6) is 0.888. The van der Waals surface area contributed by atoms with Crippen molar-refractivity contribution in [2.75, 3.05) is 25.0 Å². The fourth-order valence-corrected chi connectivity index (χ4v) is 2.39. The van der Waals surface area contributed by atoms with E-state index in [1.54, 1.807) is 15.8 Å². The third-order valence-electron chi connectivity index (χ3n) is 3.68. The van der Waals surface area contributed by atoms with E-state index in [9.17, 15) is 4.79 Å². The van der Waals surface area contributed by atoms with Gasteiger partial charge < -0.3 is 10.2 Å². The Labute approximate surface area is 132 Å². The van der Waals surface area contributed by atoms with Crippen LogP contribution in [0.4, 0.5) is 5.69 Å². The van der Waals surface area contributed by atoms with Gasteiger partial charge in [-0.05, 0) is 38.3 Å². The number of halogens is 2. The van der Waals surface area contributed by atoms with E-state index in [2.05, 4.69) is 10.4 Å². The van der Waals surface area contributed by atoms with Crippen molar-refractivity contribution in [1.29, 1.82) is 0 Å². The second kappa shape index (κ2) is 9.21. The summed E-state index contributed by atoms with van der Waals surface area (Å²) < 4.78 is 1.71. The fourth-order valence-electron chi connectivity index (χ4n) is 2.39. The normalized spacial score (nSPS) is 15.1. The molecule has 1 aromatic rings. The number of hydrogen-bond acceptors (Lipinski definition) is 3. The maximum absolute atomic E-state index is 12.1. The van der Waals surface area contributed by atoms with Gasteiger partial charge in [0.2, 0.25) is 5.91 Å². The standard InChI is InChI=1S/C13H22N4O.2ClH/c1-16-10-12(9-15-16)17(2)13(18)4-3-11-5-7-14-8-6-11;;/h9-11,14H,3-8H2,1-2H3;2*1H. The highest BCUT2D eigenvalue weighted by molar-refractivity contribution is 5.92. The summed E-state index contributed by atoms with van der Waals surface area (Å²) in [5.41, 5.74) is 0.868. The van der Waals surface area contributed by atoms with Gasteiger partial charge in [0.25, 0.3) is 0 Å². The molecule has 0 unspecified atom stereocenters. The number of carbonyl (C=O) groups is 1. The number of nitrogens with zero attached hydrogens (tertiary/aromatic N) is 3. The van der Waals surface area contributed by atoms with E-state index >= 15 is 0 Å². The summed E-state index contributed by atoms with van der Waals surface area (Å²) >= 11 is 0. The molecule has 1 saturated heterocycles. The Kier molecular flexibility index (Phi) is 8.85. The molecule has 5 nitrogen and oxygen atoms in total. The van der Waals surface area contributed by atoms with Crippen LogP contribution in [0.25, 0.3) is 0 Å². The summed E-state index contributed by atoms with van der Waals surface area (Å²) in [7, 11) is 3.68. The van der Waals surface area contributed by atoms with Crippen molar-refractivity contribution in [3.63, 3.8) is 0 Å². The number of piperidine rings is 1. The Morgan fingerprint density at radius 2 is 2.10 bits per heavy atom. The van der Waals surface area contributed by atoms with Crippen molar-refractivity contribution in [2.24, 2.45) is 13.0 Å². The predicted octanol–water partition coefficient (Wildman–Crippen LogP) is 2.01. The average Bonchev–Trinajstić information content (AvgIpc) is 2.83. The van der Waals surface area contributed by atoms with Crippen molar-refractivity contribution in [3.8, 4) is 0 Å². The summed E-state index contributed by atoms with van der Waals surface area (Å²) in [6, 6.07) is 0. The van der Waals surface area contributed by atoms with Crippen molar-refractivity contribution in [2.45, 2.75) is 25.7 Å². The number of nitrogens with one attached hydrogen (secondary N) is 1. The summed E-state index contributed by atoms with van der Waals surface area (Å²) in [6.07, 6.45) is 7.62. The molecule has 0 radical (unpaired) electrons. The van der Waals surface area contributed by atoms with E-state index in [-0.39, 0.29) is 30.7 Å². The molecule has 1 fully saturated rings. The van der Waals surface area contributed by atoms with E-state index in [0.29, 0.717) is 12.3 Å². The molecule has 2 heterocycles. The van der Waals surface area contributed by atoms with E-state index < -0.39 is 0 Å². The van der Waals surface area contributed by atoms with Crippen LogP contribution in [-0.4, -0.2) is 35.8 Å². The molecule has 116 valence electrons. The summed E-state index contributed by atoms with van der Waals surface area (Å²) in [4.78, 5) is 13.8. The number of aromatic nitrogens is 2. The Bertz CT molecular complexity index is 405. The van der Waals surface area contributed by atoms with Gasteiger partial charge in [0.05, 0.1) is 11.9 Å². The van der Waals surface area contributed by atoms with Gasteiger partial charge in [0.15, 0.2) is 0 Å². The highest BCUT2D eigenvalue weighted by Gasteiger charge is 2.17. The number of anilines is 1. The highest BCUT2D eigenvalue weighted by Crippen LogP contribution is 2.19. The fraction of sp³-hybridized carbons (Fsp3) is 0.692. The summed E-state index contributed by atoms with van der Waals surface area (Å²) in [5, 5.41) is 7.43. The smallest absolute Gasteiger partial charge is 0.226 e. The SMILES string of the molecule is CN(C(=O)CCC1CCNCC1)c1cnn(C)c1.Cl.Cl. The van der Waals surface area contributed by atoms with Crippen LogP contribution in [0.5, 0.6) is 0 Å². The molecule has 7 heteroatoms.